The molecule has 0 aliphatic rings. The second-order valence-electron chi connectivity index (χ2n) is 4.86. The number of imidazole rings is 1. The molecule has 2 heterocycles. The number of fused-ring (bicyclic) bond motifs is 1. The Balaban J connectivity index is 2.76. The molecule has 0 bridgehead atoms. The van der Waals surface area contributed by atoms with Gasteiger partial charge in [0.05, 0.1) is 13.0 Å². The molecule has 2 rings (SSSR count). The number of pyridine rings is 1. The maximum absolute atomic E-state index is 5.94. The fourth-order valence-corrected chi connectivity index (χ4v) is 2.07. The number of alkyl halides is 1. The monoisotopic (exact) mass is 253 g/mol. The zero-order valence-electron chi connectivity index (χ0n) is 10.5. The summed E-state index contributed by atoms with van der Waals surface area (Å²) in [6.07, 6.45) is 0. The molecule has 17 heavy (non-hydrogen) atoms. The van der Waals surface area contributed by atoms with Gasteiger partial charge in [0.1, 0.15) is 11.3 Å². The van der Waals surface area contributed by atoms with Crippen molar-refractivity contribution >= 4 is 22.8 Å². The van der Waals surface area contributed by atoms with Gasteiger partial charge in [-0.3, -0.25) is 0 Å². The fourth-order valence-electron chi connectivity index (χ4n) is 1.89. The molecule has 0 aliphatic heterocycles. The van der Waals surface area contributed by atoms with Crippen molar-refractivity contribution in [3.63, 3.8) is 0 Å². The summed E-state index contributed by atoms with van der Waals surface area (Å²) >= 11 is 5.94. The van der Waals surface area contributed by atoms with Crippen molar-refractivity contribution in [2.45, 2.75) is 32.2 Å². The second kappa shape index (κ2) is 4.18. The molecule has 0 saturated carbocycles. The molecule has 0 atom stereocenters. The number of hydrogen-bond donors (Lipinski definition) is 0. The van der Waals surface area contributed by atoms with E-state index in [2.05, 4.69) is 35.3 Å². The standard InChI is InChI=1S/C12H16ClN3O/c1-12(2,3)16-9(7-13)14-8-5-6-10(17-4)15-11(8)16/h5-6H,7H2,1-4H3. The van der Waals surface area contributed by atoms with Crippen molar-refractivity contribution < 1.29 is 4.74 Å². The SMILES string of the molecule is COc1ccc2nc(CCl)n(C(C)(C)C)c2n1. The van der Waals surface area contributed by atoms with E-state index in [0.717, 1.165) is 17.0 Å². The van der Waals surface area contributed by atoms with Gasteiger partial charge in [-0.2, -0.15) is 4.98 Å². The highest BCUT2D eigenvalue weighted by Crippen LogP contribution is 2.26. The van der Waals surface area contributed by atoms with Gasteiger partial charge in [0.2, 0.25) is 5.88 Å². The van der Waals surface area contributed by atoms with E-state index in [-0.39, 0.29) is 5.54 Å². The van der Waals surface area contributed by atoms with Crippen LogP contribution < -0.4 is 4.74 Å². The lowest BCUT2D eigenvalue weighted by Crippen LogP contribution is -2.24. The van der Waals surface area contributed by atoms with Gasteiger partial charge in [0, 0.05) is 11.6 Å². The second-order valence-corrected chi connectivity index (χ2v) is 5.13. The third kappa shape index (κ3) is 2.09. The van der Waals surface area contributed by atoms with Gasteiger partial charge < -0.3 is 9.30 Å². The van der Waals surface area contributed by atoms with Crippen LogP contribution in [-0.4, -0.2) is 21.6 Å². The first-order chi connectivity index (χ1) is 7.97. The molecule has 0 amide bonds. The summed E-state index contributed by atoms with van der Waals surface area (Å²) in [6.45, 7) is 6.31. The van der Waals surface area contributed by atoms with Crippen molar-refractivity contribution in [1.82, 2.24) is 14.5 Å². The van der Waals surface area contributed by atoms with E-state index in [0.29, 0.717) is 11.8 Å². The molecule has 2 aromatic rings. The molecule has 2 aromatic heterocycles. The quantitative estimate of drug-likeness (QED) is 0.773. The lowest BCUT2D eigenvalue weighted by Gasteiger charge is -2.23. The average molecular weight is 254 g/mol. The summed E-state index contributed by atoms with van der Waals surface area (Å²) in [6, 6.07) is 3.71. The van der Waals surface area contributed by atoms with Gasteiger partial charge in [-0.05, 0) is 26.8 Å². The highest BCUT2D eigenvalue weighted by atomic mass is 35.5. The lowest BCUT2D eigenvalue weighted by molar-refractivity contribution is 0.385. The molecule has 0 unspecified atom stereocenters. The van der Waals surface area contributed by atoms with E-state index in [1.165, 1.54) is 0 Å². The zero-order valence-corrected chi connectivity index (χ0v) is 11.2. The predicted molar refractivity (Wildman–Crippen MR) is 68.6 cm³/mol. The average Bonchev–Trinajstić information content (AvgIpc) is 2.65. The minimum atomic E-state index is -0.113. The van der Waals surface area contributed by atoms with Crippen LogP contribution in [0.15, 0.2) is 12.1 Å². The van der Waals surface area contributed by atoms with Gasteiger partial charge in [0.25, 0.3) is 0 Å². The van der Waals surface area contributed by atoms with E-state index in [4.69, 9.17) is 16.3 Å². The molecular weight excluding hydrogens is 238 g/mol. The van der Waals surface area contributed by atoms with E-state index >= 15 is 0 Å². The molecular formula is C12H16ClN3O. The molecule has 0 radical (unpaired) electrons. The maximum Gasteiger partial charge on any atom is 0.215 e. The van der Waals surface area contributed by atoms with E-state index < -0.39 is 0 Å². The van der Waals surface area contributed by atoms with Crippen molar-refractivity contribution in [3.8, 4) is 5.88 Å². The van der Waals surface area contributed by atoms with Crippen LogP contribution in [0.4, 0.5) is 0 Å². The summed E-state index contributed by atoms with van der Waals surface area (Å²) in [5.41, 5.74) is 1.54. The summed E-state index contributed by atoms with van der Waals surface area (Å²) < 4.78 is 7.20. The Bertz CT molecular complexity index is 542. The highest BCUT2D eigenvalue weighted by molar-refractivity contribution is 6.16. The van der Waals surface area contributed by atoms with Crippen LogP contribution in [0.1, 0.15) is 26.6 Å². The molecule has 4 nitrogen and oxygen atoms in total. The Kier molecular flexibility index (Phi) is 3.00. The van der Waals surface area contributed by atoms with Crippen molar-refractivity contribution in [1.29, 1.82) is 0 Å². The predicted octanol–water partition coefficient (Wildman–Crippen LogP) is 2.93. The molecule has 5 heteroatoms. The van der Waals surface area contributed by atoms with Gasteiger partial charge in [-0.25, -0.2) is 4.98 Å². The first-order valence-corrected chi connectivity index (χ1v) is 5.99. The molecule has 0 spiro atoms. The number of rotatable bonds is 2. The van der Waals surface area contributed by atoms with E-state index in [1.807, 2.05) is 6.07 Å². The number of hydrogen-bond acceptors (Lipinski definition) is 3. The van der Waals surface area contributed by atoms with Crippen molar-refractivity contribution in [2.24, 2.45) is 0 Å². The Hall–Kier alpha value is -1.29. The molecule has 0 N–H and O–H groups in total. The number of methoxy groups -OCH3 is 1. The van der Waals surface area contributed by atoms with Crippen LogP contribution in [0.25, 0.3) is 11.2 Å². The van der Waals surface area contributed by atoms with Crippen LogP contribution >= 0.6 is 11.6 Å². The summed E-state index contributed by atoms with van der Waals surface area (Å²) in [5.74, 6) is 1.79. The number of aromatic nitrogens is 3. The first kappa shape index (κ1) is 12.2. The van der Waals surface area contributed by atoms with E-state index in [9.17, 15) is 0 Å². The largest absolute Gasteiger partial charge is 0.481 e. The highest BCUT2D eigenvalue weighted by Gasteiger charge is 2.22. The molecule has 0 fully saturated rings. The van der Waals surface area contributed by atoms with Crippen LogP contribution in [0.2, 0.25) is 0 Å². The smallest absolute Gasteiger partial charge is 0.215 e. The maximum atomic E-state index is 5.94. The topological polar surface area (TPSA) is 39.9 Å². The minimum absolute atomic E-state index is 0.113. The third-order valence-corrected chi connectivity index (χ3v) is 2.79. The van der Waals surface area contributed by atoms with Crippen LogP contribution in [-0.2, 0) is 11.4 Å². The third-order valence-electron chi connectivity index (χ3n) is 2.55. The molecule has 92 valence electrons. The van der Waals surface area contributed by atoms with Crippen LogP contribution in [0.3, 0.4) is 0 Å². The Morgan fingerprint density at radius 2 is 2.00 bits per heavy atom. The van der Waals surface area contributed by atoms with E-state index in [1.54, 1.807) is 13.2 Å². The van der Waals surface area contributed by atoms with Crippen molar-refractivity contribution in [3.05, 3.63) is 18.0 Å². The van der Waals surface area contributed by atoms with Gasteiger partial charge in [-0.1, -0.05) is 0 Å². The summed E-state index contributed by atoms with van der Waals surface area (Å²) in [7, 11) is 1.61. The minimum Gasteiger partial charge on any atom is -0.481 e. The Morgan fingerprint density at radius 3 is 2.53 bits per heavy atom. The van der Waals surface area contributed by atoms with Crippen LogP contribution in [0, 0.1) is 0 Å². The number of halogens is 1. The zero-order chi connectivity index (χ0) is 12.6. The lowest BCUT2D eigenvalue weighted by atomic mass is 10.1. The van der Waals surface area contributed by atoms with Gasteiger partial charge >= 0.3 is 0 Å². The van der Waals surface area contributed by atoms with Gasteiger partial charge in [-0.15, -0.1) is 11.6 Å². The first-order valence-electron chi connectivity index (χ1n) is 5.46. The number of ether oxygens (including phenoxy) is 1. The van der Waals surface area contributed by atoms with Crippen LogP contribution in [0.5, 0.6) is 5.88 Å². The number of nitrogens with zero attached hydrogens (tertiary/aromatic N) is 3. The normalized spacial score (nSPS) is 12.1. The Morgan fingerprint density at radius 1 is 1.29 bits per heavy atom. The summed E-state index contributed by atoms with van der Waals surface area (Å²) in [4.78, 5) is 8.93. The summed E-state index contributed by atoms with van der Waals surface area (Å²) in [5, 5.41) is 0. The van der Waals surface area contributed by atoms with Crippen molar-refractivity contribution in [2.75, 3.05) is 7.11 Å². The Labute approximate surface area is 106 Å². The molecule has 0 aliphatic carbocycles. The van der Waals surface area contributed by atoms with Gasteiger partial charge in [0.15, 0.2) is 5.65 Å². The fraction of sp³-hybridized carbons (Fsp3) is 0.500. The molecule has 0 saturated heterocycles. The molecule has 0 aromatic carbocycles.